The van der Waals surface area contributed by atoms with E-state index in [2.05, 4.69) is 0 Å². The average Bonchev–Trinajstić information content (AvgIpc) is 2.33. The Labute approximate surface area is 104 Å². The second-order valence-corrected chi connectivity index (χ2v) is 4.69. The fourth-order valence-electron chi connectivity index (χ4n) is 1.68. The molecule has 0 amide bonds. The van der Waals surface area contributed by atoms with E-state index in [9.17, 15) is 9.59 Å². The van der Waals surface area contributed by atoms with Crippen LogP contribution in [0.3, 0.4) is 0 Å². The molecule has 0 aromatic heterocycles. The molecule has 2 aliphatic rings. The van der Waals surface area contributed by atoms with Crippen molar-refractivity contribution in [3.8, 4) is 0 Å². The maximum Gasteiger partial charge on any atom is 0.192 e. The summed E-state index contributed by atoms with van der Waals surface area (Å²) in [7, 11) is 0. The normalized spacial score (nSPS) is 23.9. The van der Waals surface area contributed by atoms with Crippen LogP contribution < -0.4 is 0 Å². The van der Waals surface area contributed by atoms with Crippen LogP contribution in [0.5, 0.6) is 0 Å². The molecule has 0 fully saturated rings. The van der Waals surface area contributed by atoms with E-state index in [1.807, 2.05) is 18.4 Å². The second kappa shape index (κ2) is 4.72. The molecule has 0 aromatic carbocycles. The molecule has 0 spiro atoms. The Morgan fingerprint density at radius 2 is 1.47 bits per heavy atom. The van der Waals surface area contributed by atoms with Gasteiger partial charge in [0.25, 0.3) is 0 Å². The molecule has 0 saturated carbocycles. The third-order valence-electron chi connectivity index (χ3n) is 2.67. The summed E-state index contributed by atoms with van der Waals surface area (Å²) in [6.45, 7) is 1.79. The lowest BCUT2D eigenvalue weighted by Crippen LogP contribution is -2.04. The Morgan fingerprint density at radius 1 is 0.882 bits per heavy atom. The van der Waals surface area contributed by atoms with E-state index >= 15 is 0 Å². The van der Waals surface area contributed by atoms with Crippen LogP contribution in [0.15, 0.2) is 58.1 Å². The molecule has 0 aromatic rings. The summed E-state index contributed by atoms with van der Waals surface area (Å²) in [5.74, 6) is 0.0812. The van der Waals surface area contributed by atoms with Gasteiger partial charge >= 0.3 is 0 Å². The van der Waals surface area contributed by atoms with Crippen LogP contribution in [0.25, 0.3) is 0 Å². The van der Waals surface area contributed by atoms with Gasteiger partial charge in [0.15, 0.2) is 11.6 Å². The molecule has 0 radical (unpaired) electrons. The van der Waals surface area contributed by atoms with E-state index in [-0.39, 0.29) is 11.6 Å². The van der Waals surface area contributed by atoms with Crippen LogP contribution >= 0.6 is 11.8 Å². The fourth-order valence-corrected chi connectivity index (χ4v) is 2.19. The number of carbonyl (C=O) groups is 2. The van der Waals surface area contributed by atoms with Crippen molar-refractivity contribution in [1.82, 2.24) is 0 Å². The van der Waals surface area contributed by atoms with Gasteiger partial charge in [-0.05, 0) is 54.2 Å². The quantitative estimate of drug-likeness (QED) is 0.711. The highest BCUT2D eigenvalue weighted by atomic mass is 32.2. The molecule has 3 heteroatoms. The van der Waals surface area contributed by atoms with E-state index < -0.39 is 0 Å². The second-order valence-electron chi connectivity index (χ2n) is 3.85. The minimum atomic E-state index is 0.0402. The minimum Gasteiger partial charge on any atom is -0.290 e. The van der Waals surface area contributed by atoms with Crippen molar-refractivity contribution < 1.29 is 9.59 Å². The summed E-state index contributed by atoms with van der Waals surface area (Å²) < 4.78 is 0. The number of allylic oxidation sites excluding steroid dienone is 10. The lowest BCUT2D eigenvalue weighted by atomic mass is 9.95. The number of hydrogen-bond acceptors (Lipinski definition) is 3. The third kappa shape index (κ3) is 2.39. The van der Waals surface area contributed by atoms with Crippen molar-refractivity contribution in [3.63, 3.8) is 0 Å². The lowest BCUT2D eigenvalue weighted by molar-refractivity contribution is -0.111. The molecule has 0 aliphatic heterocycles. The zero-order chi connectivity index (χ0) is 12.4. The molecule has 2 rings (SSSR count). The largest absolute Gasteiger partial charge is 0.290 e. The van der Waals surface area contributed by atoms with Crippen LogP contribution in [-0.4, -0.2) is 17.8 Å². The Kier molecular flexibility index (Phi) is 3.29. The van der Waals surface area contributed by atoms with Gasteiger partial charge in [-0.25, -0.2) is 0 Å². The zero-order valence-corrected chi connectivity index (χ0v) is 10.5. The predicted molar refractivity (Wildman–Crippen MR) is 70.7 cm³/mol. The summed E-state index contributed by atoms with van der Waals surface area (Å²) in [6.07, 6.45) is 12.3. The molecule has 0 unspecified atom stereocenters. The molecule has 0 heterocycles. The highest BCUT2D eigenvalue weighted by Gasteiger charge is 2.13. The fraction of sp³-hybridized carbons (Fsp3) is 0.143. The first-order valence-corrected chi connectivity index (χ1v) is 6.47. The average molecular weight is 244 g/mol. The first-order valence-electron chi connectivity index (χ1n) is 5.25. The summed E-state index contributed by atoms with van der Waals surface area (Å²) >= 11 is 1.44. The first kappa shape index (κ1) is 11.9. The maximum atomic E-state index is 11.5. The third-order valence-corrected chi connectivity index (χ3v) is 3.43. The summed E-state index contributed by atoms with van der Waals surface area (Å²) in [4.78, 5) is 23.5. The van der Waals surface area contributed by atoms with Crippen LogP contribution in [0.2, 0.25) is 0 Å². The van der Waals surface area contributed by atoms with Crippen molar-refractivity contribution in [3.05, 3.63) is 58.1 Å². The van der Waals surface area contributed by atoms with E-state index in [0.717, 1.165) is 21.6 Å². The molecule has 86 valence electrons. The highest BCUT2D eigenvalue weighted by molar-refractivity contribution is 8.03. The van der Waals surface area contributed by atoms with Crippen LogP contribution in [-0.2, 0) is 9.59 Å². The summed E-state index contributed by atoms with van der Waals surface area (Å²) in [6, 6.07) is 0. The van der Waals surface area contributed by atoms with Crippen molar-refractivity contribution in [2.24, 2.45) is 0 Å². The number of thioether (sulfide) groups is 1. The number of carbonyl (C=O) groups excluding carboxylic acids is 2. The van der Waals surface area contributed by atoms with Gasteiger partial charge in [0.1, 0.15) is 0 Å². The Morgan fingerprint density at radius 3 is 2.06 bits per heavy atom. The van der Waals surface area contributed by atoms with Crippen LogP contribution in [0.4, 0.5) is 0 Å². The Balaban J connectivity index is 2.45. The van der Waals surface area contributed by atoms with Gasteiger partial charge in [0.2, 0.25) is 0 Å². The number of ketones is 2. The standard InChI is InChI=1S/C14H12O2S/c1-9-7-10(3-5-12(9)15)11-4-6-13(16)14(8-11)17-2/h3-8H,1-2H3. The predicted octanol–water partition coefficient (Wildman–Crippen LogP) is 2.75. The van der Waals surface area contributed by atoms with Crippen LogP contribution in [0, 0.1) is 0 Å². The van der Waals surface area contributed by atoms with Gasteiger partial charge in [-0.3, -0.25) is 9.59 Å². The number of rotatable bonds is 1. The monoisotopic (exact) mass is 244 g/mol. The molecule has 0 bridgehead atoms. The van der Waals surface area contributed by atoms with Gasteiger partial charge in [-0.15, -0.1) is 11.8 Å². The first-order chi connectivity index (χ1) is 8.11. The molecule has 0 atom stereocenters. The van der Waals surface area contributed by atoms with E-state index in [4.69, 9.17) is 0 Å². The summed E-state index contributed by atoms with van der Waals surface area (Å²) in [5.41, 5.74) is 2.66. The SMILES string of the molecule is CSC1=CC(=C2C=CC(=O)C(C)=C2)C=CC1=O. The molecule has 17 heavy (non-hydrogen) atoms. The molecule has 0 N–H and O–H groups in total. The Hall–Kier alpha value is -1.61. The van der Waals surface area contributed by atoms with Crippen molar-refractivity contribution >= 4 is 23.3 Å². The van der Waals surface area contributed by atoms with E-state index in [1.165, 1.54) is 11.8 Å². The van der Waals surface area contributed by atoms with E-state index in [1.54, 1.807) is 31.2 Å². The van der Waals surface area contributed by atoms with Crippen molar-refractivity contribution in [1.29, 1.82) is 0 Å². The van der Waals surface area contributed by atoms with Gasteiger partial charge < -0.3 is 0 Å². The van der Waals surface area contributed by atoms with Gasteiger partial charge in [-0.1, -0.05) is 12.2 Å². The zero-order valence-electron chi connectivity index (χ0n) is 9.69. The topological polar surface area (TPSA) is 34.1 Å². The number of hydrogen-bond donors (Lipinski definition) is 0. The van der Waals surface area contributed by atoms with E-state index in [0.29, 0.717) is 0 Å². The molecular formula is C14H12O2S. The van der Waals surface area contributed by atoms with Gasteiger partial charge in [0.05, 0.1) is 4.91 Å². The lowest BCUT2D eigenvalue weighted by Gasteiger charge is -2.11. The maximum absolute atomic E-state index is 11.5. The summed E-state index contributed by atoms with van der Waals surface area (Å²) in [5, 5.41) is 0. The van der Waals surface area contributed by atoms with Crippen molar-refractivity contribution in [2.45, 2.75) is 6.92 Å². The highest BCUT2D eigenvalue weighted by Crippen LogP contribution is 2.26. The van der Waals surface area contributed by atoms with Gasteiger partial charge in [0, 0.05) is 0 Å². The minimum absolute atomic E-state index is 0.0402. The molecule has 2 nitrogen and oxygen atoms in total. The Bertz CT molecular complexity index is 543. The van der Waals surface area contributed by atoms with Gasteiger partial charge in [-0.2, -0.15) is 0 Å². The van der Waals surface area contributed by atoms with Crippen molar-refractivity contribution in [2.75, 3.05) is 6.26 Å². The molecular weight excluding hydrogens is 232 g/mol. The van der Waals surface area contributed by atoms with Crippen LogP contribution in [0.1, 0.15) is 6.92 Å². The smallest absolute Gasteiger partial charge is 0.192 e. The molecule has 2 aliphatic carbocycles. The molecule has 0 saturated heterocycles.